The topological polar surface area (TPSA) is 0 Å². The summed E-state index contributed by atoms with van der Waals surface area (Å²) >= 11 is 0. The lowest BCUT2D eigenvalue weighted by Gasteiger charge is -2.19. The SMILES string of the molecule is C(=Cc1ccccc1-c1ccc2c(-c3ccccc3)c3ccccc3c(-c3ccccc3)c2c1)c1ccc(-c2ccccc2-c2c3ccccc3c(-c3ccccc3)c3ccccc23)cc1. The highest BCUT2D eigenvalue weighted by atomic mass is 14.2. The molecular weight excluding hydrogens is 793 g/mol. The van der Waals surface area contributed by atoms with Gasteiger partial charge in [-0.3, -0.25) is 0 Å². The fourth-order valence-electron chi connectivity index (χ4n) is 10.3. The molecule has 0 fully saturated rings. The Morgan fingerprint density at radius 3 is 1.06 bits per heavy atom. The van der Waals surface area contributed by atoms with Gasteiger partial charge < -0.3 is 0 Å². The molecule has 0 saturated heterocycles. The van der Waals surface area contributed by atoms with Crippen molar-refractivity contribution in [1.82, 2.24) is 0 Å². The first-order valence-corrected chi connectivity index (χ1v) is 22.8. The number of rotatable bonds is 8. The van der Waals surface area contributed by atoms with E-state index in [1.165, 1.54) is 115 Å². The highest BCUT2D eigenvalue weighted by Crippen LogP contribution is 2.47. The van der Waals surface area contributed by atoms with Gasteiger partial charge >= 0.3 is 0 Å². The summed E-state index contributed by atoms with van der Waals surface area (Å²) in [6.07, 6.45) is 4.51. The predicted octanol–water partition coefficient (Wildman–Crippen LogP) is 18.5. The summed E-state index contributed by atoms with van der Waals surface area (Å²) in [6.45, 7) is 0. The van der Waals surface area contributed by atoms with Gasteiger partial charge in [0, 0.05) is 0 Å². The van der Waals surface area contributed by atoms with Crippen molar-refractivity contribution >= 4 is 55.2 Å². The molecule has 0 aliphatic rings. The summed E-state index contributed by atoms with van der Waals surface area (Å²) in [7, 11) is 0. The average Bonchev–Trinajstić information content (AvgIpc) is 3.39. The van der Waals surface area contributed by atoms with Crippen LogP contribution >= 0.6 is 0 Å². The molecule has 66 heavy (non-hydrogen) atoms. The van der Waals surface area contributed by atoms with E-state index in [2.05, 4.69) is 267 Å². The molecule has 12 aromatic rings. The van der Waals surface area contributed by atoms with Gasteiger partial charge in [0.25, 0.3) is 0 Å². The second-order valence-electron chi connectivity index (χ2n) is 17.1. The van der Waals surface area contributed by atoms with Crippen LogP contribution in [0.1, 0.15) is 11.1 Å². The van der Waals surface area contributed by atoms with Gasteiger partial charge in [0.15, 0.2) is 0 Å². The van der Waals surface area contributed by atoms with Crippen LogP contribution in [0.3, 0.4) is 0 Å². The molecule has 12 rings (SSSR count). The Labute approximate surface area is 386 Å². The smallest absolute Gasteiger partial charge is 0.00201 e. The monoisotopic (exact) mass is 836 g/mol. The number of fused-ring (bicyclic) bond motifs is 4. The minimum atomic E-state index is 1.15. The van der Waals surface area contributed by atoms with Crippen LogP contribution in [0, 0.1) is 0 Å². The zero-order chi connectivity index (χ0) is 43.8. The van der Waals surface area contributed by atoms with Gasteiger partial charge in [-0.15, -0.1) is 0 Å². The fraction of sp³-hybridized carbons (Fsp3) is 0. The molecule has 0 nitrogen and oxygen atoms in total. The maximum atomic E-state index is 2.41. The molecule has 0 saturated carbocycles. The minimum Gasteiger partial charge on any atom is -0.0622 e. The number of hydrogen-bond acceptors (Lipinski definition) is 0. The van der Waals surface area contributed by atoms with Crippen molar-refractivity contribution in [2.75, 3.05) is 0 Å². The van der Waals surface area contributed by atoms with Crippen molar-refractivity contribution in [1.29, 1.82) is 0 Å². The van der Waals surface area contributed by atoms with Crippen LogP contribution in [-0.4, -0.2) is 0 Å². The second-order valence-corrected chi connectivity index (χ2v) is 17.1. The van der Waals surface area contributed by atoms with Crippen molar-refractivity contribution < 1.29 is 0 Å². The van der Waals surface area contributed by atoms with E-state index in [-0.39, 0.29) is 0 Å². The zero-order valence-corrected chi connectivity index (χ0v) is 36.4. The maximum Gasteiger partial charge on any atom is -0.00201 e. The van der Waals surface area contributed by atoms with E-state index >= 15 is 0 Å². The second kappa shape index (κ2) is 16.8. The molecule has 0 spiro atoms. The first kappa shape index (κ1) is 39.0. The van der Waals surface area contributed by atoms with Gasteiger partial charge in [0.2, 0.25) is 0 Å². The van der Waals surface area contributed by atoms with E-state index in [0.29, 0.717) is 0 Å². The van der Waals surface area contributed by atoms with E-state index in [9.17, 15) is 0 Å². The van der Waals surface area contributed by atoms with Crippen LogP contribution in [0.15, 0.2) is 255 Å². The summed E-state index contributed by atoms with van der Waals surface area (Å²) < 4.78 is 0. The van der Waals surface area contributed by atoms with E-state index in [1.807, 2.05) is 0 Å². The largest absolute Gasteiger partial charge is 0.0622 e. The summed E-state index contributed by atoms with van der Waals surface area (Å²) in [5, 5.41) is 10.1. The molecule has 0 amide bonds. The molecule has 0 aliphatic carbocycles. The Hall–Kier alpha value is -8.58. The molecule has 12 aromatic carbocycles. The van der Waals surface area contributed by atoms with Crippen LogP contribution < -0.4 is 0 Å². The van der Waals surface area contributed by atoms with Crippen molar-refractivity contribution in [2.24, 2.45) is 0 Å². The van der Waals surface area contributed by atoms with Gasteiger partial charge in [-0.1, -0.05) is 261 Å². The van der Waals surface area contributed by atoms with Gasteiger partial charge in [-0.2, -0.15) is 0 Å². The highest BCUT2D eigenvalue weighted by Gasteiger charge is 2.20. The van der Waals surface area contributed by atoms with Crippen LogP contribution in [-0.2, 0) is 0 Å². The fourth-order valence-corrected chi connectivity index (χ4v) is 10.3. The molecule has 0 aliphatic heterocycles. The third kappa shape index (κ3) is 6.88. The summed E-state index contributed by atoms with van der Waals surface area (Å²) in [4.78, 5) is 0. The molecule has 0 atom stereocenters. The Morgan fingerprint density at radius 2 is 0.561 bits per heavy atom. The van der Waals surface area contributed by atoms with Crippen LogP contribution in [0.2, 0.25) is 0 Å². The zero-order valence-electron chi connectivity index (χ0n) is 36.4. The molecule has 0 bridgehead atoms. The molecule has 0 N–H and O–H groups in total. The molecule has 0 radical (unpaired) electrons. The maximum absolute atomic E-state index is 2.41. The lowest BCUT2D eigenvalue weighted by Crippen LogP contribution is -1.92. The quantitative estimate of drug-likeness (QED) is 0.106. The molecule has 308 valence electrons. The van der Waals surface area contributed by atoms with Gasteiger partial charge in [-0.05, 0) is 127 Å². The van der Waals surface area contributed by atoms with E-state index in [0.717, 1.165) is 5.56 Å². The Balaban J connectivity index is 0.931. The number of benzene rings is 12. The minimum absolute atomic E-state index is 1.15. The Morgan fingerprint density at radius 1 is 0.197 bits per heavy atom. The average molecular weight is 837 g/mol. The summed E-state index contributed by atoms with van der Waals surface area (Å²) in [6, 6.07) is 93.0. The lowest BCUT2D eigenvalue weighted by atomic mass is 9.84. The van der Waals surface area contributed by atoms with Crippen LogP contribution in [0.25, 0.3) is 122 Å². The Bertz CT molecular complexity index is 3710. The third-order valence-electron chi connectivity index (χ3n) is 13.3. The summed E-state index contributed by atoms with van der Waals surface area (Å²) in [5.74, 6) is 0. The molecule has 0 unspecified atom stereocenters. The lowest BCUT2D eigenvalue weighted by molar-refractivity contribution is 1.59. The molecule has 0 aromatic heterocycles. The van der Waals surface area contributed by atoms with Crippen LogP contribution in [0.4, 0.5) is 0 Å². The first-order valence-electron chi connectivity index (χ1n) is 22.8. The van der Waals surface area contributed by atoms with Gasteiger partial charge in [0.1, 0.15) is 0 Å². The molecule has 0 heterocycles. The number of hydrogen-bond donors (Lipinski definition) is 0. The van der Waals surface area contributed by atoms with Gasteiger partial charge in [-0.25, -0.2) is 0 Å². The van der Waals surface area contributed by atoms with Crippen LogP contribution in [0.5, 0.6) is 0 Å². The standard InChI is InChI=1S/C66H44/c1-4-21-48(22-5-1)63-57-32-16-18-34-59(57)66(60-35-19-17-33-58(60)63)54-29-13-12-28-53(54)47-40-37-45(38-41-47)36-39-46-20-10-11-27-52(46)51-42-43-61-62(44-51)65(50-25-8-3-9-26-50)56-31-15-14-30-55(56)64(61)49-23-6-2-7-24-49/h1-44H. The first-order chi connectivity index (χ1) is 32.8. The summed E-state index contributed by atoms with van der Waals surface area (Å²) in [5.41, 5.74) is 17.1. The van der Waals surface area contributed by atoms with Crippen molar-refractivity contribution in [3.8, 4) is 66.8 Å². The van der Waals surface area contributed by atoms with Crippen molar-refractivity contribution in [2.45, 2.75) is 0 Å². The van der Waals surface area contributed by atoms with Crippen molar-refractivity contribution in [3.63, 3.8) is 0 Å². The van der Waals surface area contributed by atoms with E-state index < -0.39 is 0 Å². The van der Waals surface area contributed by atoms with Crippen molar-refractivity contribution in [3.05, 3.63) is 266 Å². The molecule has 0 heteroatoms. The van der Waals surface area contributed by atoms with E-state index in [4.69, 9.17) is 0 Å². The highest BCUT2D eigenvalue weighted by molar-refractivity contribution is 6.23. The third-order valence-corrected chi connectivity index (χ3v) is 13.3. The van der Waals surface area contributed by atoms with E-state index in [1.54, 1.807) is 0 Å². The molecular formula is C66H44. The normalized spacial score (nSPS) is 11.6. The Kier molecular flexibility index (Phi) is 9.97. The predicted molar refractivity (Wildman–Crippen MR) is 284 cm³/mol. The van der Waals surface area contributed by atoms with Gasteiger partial charge in [0.05, 0.1) is 0 Å².